The highest BCUT2D eigenvalue weighted by molar-refractivity contribution is 5.37. The molecule has 0 atom stereocenters. The lowest BCUT2D eigenvalue weighted by Crippen LogP contribution is -2.61. The van der Waals surface area contributed by atoms with Crippen molar-refractivity contribution in [2.75, 3.05) is 19.6 Å². The van der Waals surface area contributed by atoms with Gasteiger partial charge in [0.25, 0.3) is 0 Å². The number of aryl methyl sites for hydroxylation is 3. The van der Waals surface area contributed by atoms with Crippen LogP contribution in [0, 0.1) is 20.8 Å². The average molecular weight is 286 g/mol. The van der Waals surface area contributed by atoms with Crippen molar-refractivity contribution in [1.82, 2.24) is 10.2 Å². The summed E-state index contributed by atoms with van der Waals surface area (Å²) in [6, 6.07) is 4.69. The molecule has 0 bridgehead atoms. The van der Waals surface area contributed by atoms with E-state index in [9.17, 15) is 0 Å². The number of hydrogen-bond acceptors (Lipinski definition) is 2. The van der Waals surface area contributed by atoms with Gasteiger partial charge in [0.2, 0.25) is 0 Å². The van der Waals surface area contributed by atoms with Crippen LogP contribution in [-0.2, 0) is 6.54 Å². The van der Waals surface area contributed by atoms with Crippen LogP contribution < -0.4 is 5.32 Å². The van der Waals surface area contributed by atoms with Crippen molar-refractivity contribution in [3.8, 4) is 0 Å². The largest absolute Gasteiger partial charge is 0.314 e. The second-order valence-corrected chi connectivity index (χ2v) is 7.26. The fourth-order valence-corrected chi connectivity index (χ4v) is 4.48. The monoisotopic (exact) mass is 286 g/mol. The normalized spacial score (nSPS) is 22.6. The summed E-state index contributed by atoms with van der Waals surface area (Å²) in [5, 5.41) is 3.66. The maximum Gasteiger partial charge on any atom is 0.0338 e. The van der Waals surface area contributed by atoms with E-state index in [1.807, 2.05) is 0 Å². The van der Waals surface area contributed by atoms with E-state index in [1.165, 1.54) is 61.9 Å². The number of nitrogens with zero attached hydrogens (tertiary/aromatic N) is 1. The lowest BCUT2D eigenvalue weighted by molar-refractivity contribution is 0.0206. The van der Waals surface area contributed by atoms with Crippen molar-refractivity contribution in [2.45, 2.75) is 65.0 Å². The van der Waals surface area contributed by atoms with E-state index in [4.69, 9.17) is 0 Å². The molecule has 2 heteroatoms. The second-order valence-electron chi connectivity index (χ2n) is 7.26. The van der Waals surface area contributed by atoms with E-state index < -0.39 is 0 Å². The van der Waals surface area contributed by atoms with Gasteiger partial charge in [0.15, 0.2) is 0 Å². The third-order valence-corrected chi connectivity index (χ3v) is 5.66. The summed E-state index contributed by atoms with van der Waals surface area (Å²) in [5.74, 6) is 0. The Bertz CT molecular complexity index is 469. The number of benzene rings is 1. The van der Waals surface area contributed by atoms with Crippen LogP contribution in [-0.4, -0.2) is 30.1 Å². The molecule has 2 fully saturated rings. The molecular weight excluding hydrogens is 256 g/mol. The zero-order valence-corrected chi connectivity index (χ0v) is 14.0. The van der Waals surface area contributed by atoms with Gasteiger partial charge in [0, 0.05) is 31.7 Å². The van der Waals surface area contributed by atoms with Crippen LogP contribution in [0.3, 0.4) is 0 Å². The predicted octanol–water partition coefficient (Wildman–Crippen LogP) is 3.72. The molecule has 0 amide bonds. The van der Waals surface area contributed by atoms with Crippen LogP contribution in [0.15, 0.2) is 12.1 Å². The zero-order chi connectivity index (χ0) is 14.9. The first kappa shape index (κ1) is 15.1. The molecule has 1 N–H and O–H groups in total. The van der Waals surface area contributed by atoms with Gasteiger partial charge >= 0.3 is 0 Å². The van der Waals surface area contributed by atoms with Crippen molar-refractivity contribution in [1.29, 1.82) is 0 Å². The first-order valence-electron chi connectivity index (χ1n) is 8.63. The summed E-state index contributed by atoms with van der Waals surface area (Å²) in [6.07, 6.45) is 7.00. The Morgan fingerprint density at radius 1 is 1.05 bits per heavy atom. The molecule has 3 rings (SSSR count). The van der Waals surface area contributed by atoms with Gasteiger partial charge in [-0.2, -0.15) is 0 Å². The van der Waals surface area contributed by atoms with Crippen LogP contribution in [0.1, 0.15) is 54.4 Å². The molecule has 1 aromatic carbocycles. The Morgan fingerprint density at radius 2 is 1.71 bits per heavy atom. The van der Waals surface area contributed by atoms with Gasteiger partial charge < -0.3 is 5.32 Å². The summed E-state index contributed by atoms with van der Waals surface area (Å²) in [5.41, 5.74) is 6.32. The minimum Gasteiger partial charge on any atom is -0.314 e. The van der Waals surface area contributed by atoms with Crippen LogP contribution in [0.2, 0.25) is 0 Å². The first-order valence-corrected chi connectivity index (χ1v) is 8.63. The Balaban J connectivity index is 1.85. The van der Waals surface area contributed by atoms with Gasteiger partial charge in [-0.3, -0.25) is 4.90 Å². The van der Waals surface area contributed by atoms with Crippen LogP contribution in [0.5, 0.6) is 0 Å². The standard InChI is InChI=1S/C19H30N2/c1-15-11-16(2)18(17(3)12-15)13-21-10-9-20-14-19(21)7-5-4-6-8-19/h11-12,20H,4-10,13-14H2,1-3H3. The Labute approximate surface area is 129 Å². The molecule has 1 saturated carbocycles. The van der Waals surface area contributed by atoms with Crippen LogP contribution in [0.25, 0.3) is 0 Å². The van der Waals surface area contributed by atoms with Gasteiger partial charge in [-0.05, 0) is 50.3 Å². The van der Waals surface area contributed by atoms with Crippen molar-refractivity contribution < 1.29 is 0 Å². The summed E-state index contributed by atoms with van der Waals surface area (Å²) >= 11 is 0. The average Bonchev–Trinajstić information content (AvgIpc) is 2.45. The lowest BCUT2D eigenvalue weighted by Gasteiger charge is -2.50. The summed E-state index contributed by atoms with van der Waals surface area (Å²) in [7, 11) is 0. The summed E-state index contributed by atoms with van der Waals surface area (Å²) < 4.78 is 0. The van der Waals surface area contributed by atoms with E-state index >= 15 is 0 Å². The lowest BCUT2D eigenvalue weighted by atomic mass is 9.78. The van der Waals surface area contributed by atoms with Gasteiger partial charge in [-0.25, -0.2) is 0 Å². The Hall–Kier alpha value is -0.860. The molecule has 1 heterocycles. The molecule has 0 radical (unpaired) electrons. The van der Waals surface area contributed by atoms with Crippen LogP contribution in [0.4, 0.5) is 0 Å². The van der Waals surface area contributed by atoms with Crippen molar-refractivity contribution >= 4 is 0 Å². The molecule has 21 heavy (non-hydrogen) atoms. The highest BCUT2D eigenvalue weighted by Crippen LogP contribution is 2.36. The number of nitrogens with one attached hydrogen (secondary N) is 1. The van der Waals surface area contributed by atoms with Crippen molar-refractivity contribution in [3.05, 3.63) is 34.4 Å². The minimum absolute atomic E-state index is 0.431. The molecule has 116 valence electrons. The van der Waals surface area contributed by atoms with Gasteiger partial charge in [-0.15, -0.1) is 0 Å². The van der Waals surface area contributed by atoms with Gasteiger partial charge in [0.1, 0.15) is 0 Å². The predicted molar refractivity (Wildman–Crippen MR) is 89.7 cm³/mol. The zero-order valence-electron chi connectivity index (χ0n) is 14.0. The van der Waals surface area contributed by atoms with Crippen LogP contribution >= 0.6 is 0 Å². The summed E-state index contributed by atoms with van der Waals surface area (Å²) in [6.45, 7) is 11.4. The highest BCUT2D eigenvalue weighted by atomic mass is 15.3. The molecule has 2 aliphatic rings. The molecule has 2 nitrogen and oxygen atoms in total. The fourth-order valence-electron chi connectivity index (χ4n) is 4.48. The SMILES string of the molecule is Cc1cc(C)c(CN2CCNCC23CCCCC3)c(C)c1. The van der Waals surface area contributed by atoms with E-state index in [1.54, 1.807) is 5.56 Å². The van der Waals surface area contributed by atoms with Crippen molar-refractivity contribution in [2.24, 2.45) is 0 Å². The van der Waals surface area contributed by atoms with Gasteiger partial charge in [-0.1, -0.05) is 37.0 Å². The number of rotatable bonds is 2. The maximum absolute atomic E-state index is 3.66. The molecule has 1 aromatic rings. The van der Waals surface area contributed by atoms with E-state index in [0.29, 0.717) is 5.54 Å². The number of hydrogen-bond donors (Lipinski definition) is 1. The van der Waals surface area contributed by atoms with E-state index in [0.717, 1.165) is 13.1 Å². The molecule has 0 aromatic heterocycles. The third-order valence-electron chi connectivity index (χ3n) is 5.66. The quantitative estimate of drug-likeness (QED) is 0.891. The van der Waals surface area contributed by atoms with Gasteiger partial charge in [0.05, 0.1) is 0 Å². The third kappa shape index (κ3) is 3.02. The molecular formula is C19H30N2. The van der Waals surface area contributed by atoms with Crippen molar-refractivity contribution in [3.63, 3.8) is 0 Å². The smallest absolute Gasteiger partial charge is 0.0338 e. The molecule has 1 aliphatic heterocycles. The fraction of sp³-hybridized carbons (Fsp3) is 0.684. The Kier molecular flexibility index (Phi) is 4.37. The summed E-state index contributed by atoms with van der Waals surface area (Å²) in [4.78, 5) is 2.80. The molecule has 1 saturated heterocycles. The first-order chi connectivity index (χ1) is 10.1. The Morgan fingerprint density at radius 3 is 2.38 bits per heavy atom. The molecule has 1 aliphatic carbocycles. The molecule has 1 spiro atoms. The maximum atomic E-state index is 3.66. The topological polar surface area (TPSA) is 15.3 Å². The number of piperazine rings is 1. The second kappa shape index (κ2) is 6.10. The van der Waals surface area contributed by atoms with E-state index in [-0.39, 0.29) is 0 Å². The minimum atomic E-state index is 0.431. The van der Waals surface area contributed by atoms with E-state index in [2.05, 4.69) is 43.1 Å². The molecule has 0 unspecified atom stereocenters. The highest BCUT2D eigenvalue weighted by Gasteiger charge is 2.39.